The van der Waals surface area contributed by atoms with Gasteiger partial charge in [0.05, 0.1) is 9.75 Å². The third-order valence-electron chi connectivity index (χ3n) is 1.61. The average molecular weight is 271 g/mol. The second kappa shape index (κ2) is 3.72. The van der Waals surface area contributed by atoms with Gasteiger partial charge in [0, 0.05) is 12.2 Å². The lowest BCUT2D eigenvalue weighted by Crippen LogP contribution is -2.26. The van der Waals surface area contributed by atoms with Crippen LogP contribution in [0.4, 0.5) is 13.2 Å². The predicted octanol–water partition coefficient (Wildman–Crippen LogP) is 2.82. The Morgan fingerprint density at radius 3 is 2.43 bits per heavy atom. The van der Waals surface area contributed by atoms with Gasteiger partial charge in [0.1, 0.15) is 5.92 Å². The van der Waals surface area contributed by atoms with Gasteiger partial charge in [0.25, 0.3) is 5.70 Å². The Bertz CT molecular complexity index is 311. The third-order valence-corrected chi connectivity index (χ3v) is 2.37. The topological polar surface area (TPSA) is 43.1 Å². The SMILES string of the molecule is O=[N+]([O-])C1=CC(C(F)(F)F)[C](Br)C=C1. The van der Waals surface area contributed by atoms with Gasteiger partial charge in [-0.15, -0.1) is 0 Å². The summed E-state index contributed by atoms with van der Waals surface area (Å²) in [7, 11) is 0. The van der Waals surface area contributed by atoms with Gasteiger partial charge in [-0.3, -0.25) is 10.1 Å². The van der Waals surface area contributed by atoms with E-state index in [1.54, 1.807) is 0 Å². The van der Waals surface area contributed by atoms with Crippen molar-refractivity contribution >= 4 is 15.9 Å². The van der Waals surface area contributed by atoms with E-state index in [0.29, 0.717) is 6.08 Å². The van der Waals surface area contributed by atoms with Crippen molar-refractivity contribution in [3.05, 3.63) is 38.9 Å². The smallest absolute Gasteiger partial charge is 0.258 e. The van der Waals surface area contributed by atoms with Crippen LogP contribution < -0.4 is 0 Å². The second-order valence-corrected chi connectivity index (χ2v) is 3.50. The van der Waals surface area contributed by atoms with E-state index in [1.807, 2.05) is 0 Å². The molecule has 0 saturated heterocycles. The van der Waals surface area contributed by atoms with Gasteiger partial charge < -0.3 is 0 Å². The first-order chi connectivity index (χ1) is 6.32. The fraction of sp³-hybridized carbons (Fsp3) is 0.286. The van der Waals surface area contributed by atoms with Gasteiger partial charge >= 0.3 is 6.18 Å². The van der Waals surface area contributed by atoms with Crippen LogP contribution in [-0.4, -0.2) is 11.1 Å². The van der Waals surface area contributed by atoms with Crippen molar-refractivity contribution in [2.24, 2.45) is 5.92 Å². The minimum atomic E-state index is -4.51. The molecule has 0 aromatic rings. The quantitative estimate of drug-likeness (QED) is 0.543. The molecule has 0 N–H and O–H groups in total. The summed E-state index contributed by atoms with van der Waals surface area (Å²) in [6.45, 7) is 0. The largest absolute Gasteiger partial charge is 0.397 e. The van der Waals surface area contributed by atoms with Gasteiger partial charge in [-0.25, -0.2) is 0 Å². The third kappa shape index (κ3) is 2.34. The van der Waals surface area contributed by atoms with Crippen LogP contribution in [0.1, 0.15) is 0 Å². The van der Waals surface area contributed by atoms with E-state index in [4.69, 9.17) is 0 Å². The van der Waals surface area contributed by atoms with E-state index in [1.165, 1.54) is 0 Å². The Morgan fingerprint density at radius 1 is 1.43 bits per heavy atom. The fourth-order valence-electron chi connectivity index (χ4n) is 0.947. The van der Waals surface area contributed by atoms with Crippen LogP contribution in [0, 0.1) is 20.9 Å². The molecule has 7 heteroatoms. The van der Waals surface area contributed by atoms with Crippen molar-refractivity contribution < 1.29 is 18.1 Å². The van der Waals surface area contributed by atoms with E-state index in [-0.39, 0.29) is 4.83 Å². The predicted molar refractivity (Wildman–Crippen MR) is 45.9 cm³/mol. The van der Waals surface area contributed by atoms with E-state index >= 15 is 0 Å². The molecule has 0 amide bonds. The molecule has 0 aromatic heterocycles. The number of rotatable bonds is 1. The standard InChI is InChI=1S/C7H4BrF3NO2/c8-6-2-1-4(12(13)14)3-5(6)7(9,10)11/h1-3,5H. The van der Waals surface area contributed by atoms with Crippen LogP contribution in [0.3, 0.4) is 0 Å². The number of allylic oxidation sites excluding steroid dienone is 3. The Hall–Kier alpha value is -0.850. The van der Waals surface area contributed by atoms with Crippen molar-refractivity contribution in [1.29, 1.82) is 0 Å². The van der Waals surface area contributed by atoms with Gasteiger partial charge in [0.15, 0.2) is 0 Å². The summed E-state index contributed by atoms with van der Waals surface area (Å²) >= 11 is 2.71. The van der Waals surface area contributed by atoms with Crippen molar-refractivity contribution in [3.63, 3.8) is 0 Å². The van der Waals surface area contributed by atoms with Crippen molar-refractivity contribution in [2.45, 2.75) is 6.18 Å². The first-order valence-corrected chi connectivity index (χ1v) is 4.25. The highest BCUT2D eigenvalue weighted by atomic mass is 79.9. The molecule has 77 valence electrons. The molecular formula is C7H4BrF3NO2. The lowest BCUT2D eigenvalue weighted by atomic mass is 9.99. The normalized spacial score (nSPS) is 23.4. The lowest BCUT2D eigenvalue weighted by molar-refractivity contribution is -0.420. The fourth-order valence-corrected chi connectivity index (χ4v) is 1.47. The molecule has 1 rings (SSSR count). The number of nitro groups is 1. The molecule has 14 heavy (non-hydrogen) atoms. The first-order valence-electron chi connectivity index (χ1n) is 3.45. The van der Waals surface area contributed by atoms with E-state index in [9.17, 15) is 23.3 Å². The summed E-state index contributed by atoms with van der Waals surface area (Å²) in [5, 5.41) is 10.2. The maximum atomic E-state index is 12.3. The van der Waals surface area contributed by atoms with Crippen molar-refractivity contribution in [3.8, 4) is 0 Å². The van der Waals surface area contributed by atoms with Gasteiger partial charge in [-0.05, 0) is 0 Å². The highest BCUT2D eigenvalue weighted by Gasteiger charge is 2.44. The minimum absolute atomic E-state index is 0.129. The molecule has 1 radical (unpaired) electrons. The molecule has 3 nitrogen and oxygen atoms in total. The minimum Gasteiger partial charge on any atom is -0.258 e. The summed E-state index contributed by atoms with van der Waals surface area (Å²) in [6.07, 6.45) is -1.88. The number of halogens is 4. The molecule has 1 aliphatic rings. The molecule has 0 fully saturated rings. The average Bonchev–Trinajstić information content (AvgIpc) is 2.02. The molecule has 0 spiro atoms. The molecule has 0 aromatic carbocycles. The zero-order valence-corrected chi connectivity index (χ0v) is 8.17. The highest BCUT2D eigenvalue weighted by molar-refractivity contribution is 9.11. The molecule has 0 heterocycles. The Morgan fingerprint density at radius 2 is 2.00 bits per heavy atom. The summed E-state index contributed by atoms with van der Waals surface area (Å²) in [5.41, 5.74) is -0.546. The summed E-state index contributed by atoms with van der Waals surface area (Å²) in [4.78, 5) is 9.25. The van der Waals surface area contributed by atoms with Crippen LogP contribution in [0.15, 0.2) is 23.9 Å². The highest BCUT2D eigenvalue weighted by Crippen LogP contribution is 2.41. The van der Waals surface area contributed by atoms with Crippen LogP contribution in [0.25, 0.3) is 0 Å². The number of alkyl halides is 3. The molecule has 0 saturated carbocycles. The monoisotopic (exact) mass is 270 g/mol. The van der Waals surface area contributed by atoms with Crippen LogP contribution in [0.2, 0.25) is 0 Å². The van der Waals surface area contributed by atoms with Crippen molar-refractivity contribution in [1.82, 2.24) is 0 Å². The second-order valence-electron chi connectivity index (χ2n) is 2.59. The van der Waals surface area contributed by atoms with Gasteiger partial charge in [-0.2, -0.15) is 13.2 Å². The van der Waals surface area contributed by atoms with Gasteiger partial charge in [0.2, 0.25) is 0 Å². The maximum Gasteiger partial charge on any atom is 0.397 e. The van der Waals surface area contributed by atoms with E-state index < -0.39 is 22.7 Å². The zero-order valence-electron chi connectivity index (χ0n) is 6.58. The molecular weight excluding hydrogens is 267 g/mol. The van der Waals surface area contributed by atoms with Crippen LogP contribution >= 0.6 is 15.9 Å². The van der Waals surface area contributed by atoms with E-state index in [2.05, 4.69) is 15.9 Å². The first kappa shape index (κ1) is 11.2. The Kier molecular flexibility index (Phi) is 2.98. The van der Waals surface area contributed by atoms with Crippen LogP contribution in [0.5, 0.6) is 0 Å². The van der Waals surface area contributed by atoms with Gasteiger partial charge in [-0.1, -0.05) is 22.0 Å². The molecule has 0 aliphatic heterocycles. The summed E-state index contributed by atoms with van der Waals surface area (Å²) < 4.78 is 36.8. The number of hydrogen-bond acceptors (Lipinski definition) is 2. The Labute approximate surface area is 85.6 Å². The lowest BCUT2D eigenvalue weighted by Gasteiger charge is -2.20. The molecule has 1 unspecified atom stereocenters. The van der Waals surface area contributed by atoms with E-state index in [0.717, 1.165) is 12.2 Å². The summed E-state index contributed by atoms with van der Waals surface area (Å²) in [5.74, 6) is -1.92. The van der Waals surface area contributed by atoms with Crippen molar-refractivity contribution in [2.75, 3.05) is 0 Å². The summed E-state index contributed by atoms with van der Waals surface area (Å²) in [6, 6.07) is 0. The molecule has 1 aliphatic carbocycles. The number of hydrogen-bond donors (Lipinski definition) is 0. The van der Waals surface area contributed by atoms with Crippen LogP contribution in [-0.2, 0) is 0 Å². The Balaban J connectivity index is 2.97. The molecule has 0 bridgehead atoms. The maximum absolute atomic E-state index is 12.3. The zero-order chi connectivity index (χ0) is 10.9. The number of nitrogens with zero attached hydrogens (tertiary/aromatic N) is 1. The molecule has 1 atom stereocenters.